The Hall–Kier alpha value is -3.06. The standard InChI is InChI=1S/C21H20N2O4S/c1-13-5-7-15(8-6-13)17-11-23-14(2)12-28-19(20(23)22-17)16(21(25)27-4)9-10-18(24)26-3/h5-12H,1-4H3/b10-9+,19-16+. The van der Waals surface area contributed by atoms with Crippen LogP contribution in [0.15, 0.2) is 53.6 Å². The van der Waals surface area contributed by atoms with Gasteiger partial charge in [0.2, 0.25) is 0 Å². The van der Waals surface area contributed by atoms with Gasteiger partial charge in [0.1, 0.15) is 0 Å². The molecule has 0 spiro atoms. The van der Waals surface area contributed by atoms with Crippen LogP contribution in [0.2, 0.25) is 0 Å². The summed E-state index contributed by atoms with van der Waals surface area (Å²) < 4.78 is 11.5. The average molecular weight is 396 g/mol. The fourth-order valence-electron chi connectivity index (χ4n) is 2.68. The van der Waals surface area contributed by atoms with E-state index in [0.717, 1.165) is 17.0 Å². The lowest BCUT2D eigenvalue weighted by molar-refractivity contribution is -0.135. The molecule has 0 fully saturated rings. The summed E-state index contributed by atoms with van der Waals surface area (Å²) in [7, 11) is 2.58. The van der Waals surface area contributed by atoms with Crippen molar-refractivity contribution in [2.24, 2.45) is 0 Å². The number of imidazole rings is 1. The number of allylic oxidation sites excluding steroid dienone is 1. The number of esters is 2. The first-order valence-corrected chi connectivity index (χ1v) is 9.41. The SMILES string of the molecule is COC(=O)/C=C/C(C(=O)OC)=C1\SC=C(C)n2cc(-c3ccc(C)cc3)nc21. The van der Waals surface area contributed by atoms with Crippen LogP contribution in [0.4, 0.5) is 0 Å². The van der Waals surface area contributed by atoms with Gasteiger partial charge in [0.05, 0.1) is 30.4 Å². The lowest BCUT2D eigenvalue weighted by Crippen LogP contribution is -2.10. The van der Waals surface area contributed by atoms with Gasteiger partial charge in [-0.15, -0.1) is 0 Å². The number of hydrogen-bond donors (Lipinski definition) is 0. The second-order valence-electron chi connectivity index (χ2n) is 6.15. The summed E-state index contributed by atoms with van der Waals surface area (Å²) in [6, 6.07) is 8.08. The van der Waals surface area contributed by atoms with Crippen molar-refractivity contribution in [3.63, 3.8) is 0 Å². The highest BCUT2D eigenvalue weighted by Gasteiger charge is 2.24. The smallest absolute Gasteiger partial charge is 0.339 e. The number of hydrogen-bond acceptors (Lipinski definition) is 6. The van der Waals surface area contributed by atoms with Gasteiger partial charge in [-0.3, -0.25) is 0 Å². The minimum Gasteiger partial charge on any atom is -0.466 e. The van der Waals surface area contributed by atoms with Crippen LogP contribution in [0, 0.1) is 6.92 Å². The molecule has 1 aromatic carbocycles. The Morgan fingerprint density at radius 1 is 1.07 bits per heavy atom. The summed E-state index contributed by atoms with van der Waals surface area (Å²) in [5.74, 6) is -0.490. The predicted octanol–water partition coefficient (Wildman–Crippen LogP) is 4.04. The van der Waals surface area contributed by atoms with Crippen molar-refractivity contribution in [3.8, 4) is 11.3 Å². The number of methoxy groups -OCH3 is 2. The van der Waals surface area contributed by atoms with Crippen LogP contribution in [0.5, 0.6) is 0 Å². The summed E-state index contributed by atoms with van der Waals surface area (Å²) in [6.45, 7) is 4.00. The van der Waals surface area contributed by atoms with Gasteiger partial charge in [-0.05, 0) is 25.3 Å². The van der Waals surface area contributed by atoms with Crippen LogP contribution in [0.1, 0.15) is 18.3 Å². The zero-order valence-corrected chi connectivity index (χ0v) is 16.9. The first-order chi connectivity index (χ1) is 13.4. The topological polar surface area (TPSA) is 70.4 Å². The maximum Gasteiger partial charge on any atom is 0.339 e. The van der Waals surface area contributed by atoms with E-state index in [1.54, 1.807) is 0 Å². The Labute approximate surface area is 167 Å². The van der Waals surface area contributed by atoms with E-state index in [0.29, 0.717) is 10.7 Å². The van der Waals surface area contributed by atoms with Gasteiger partial charge in [0.15, 0.2) is 5.82 Å². The third-order valence-electron chi connectivity index (χ3n) is 4.22. The van der Waals surface area contributed by atoms with E-state index < -0.39 is 11.9 Å². The van der Waals surface area contributed by atoms with Crippen LogP contribution >= 0.6 is 11.8 Å². The molecule has 0 aliphatic carbocycles. The molecule has 28 heavy (non-hydrogen) atoms. The van der Waals surface area contributed by atoms with Gasteiger partial charge >= 0.3 is 11.9 Å². The minimum absolute atomic E-state index is 0.240. The van der Waals surface area contributed by atoms with Crippen LogP contribution in [-0.4, -0.2) is 35.7 Å². The van der Waals surface area contributed by atoms with Gasteiger partial charge in [0.25, 0.3) is 0 Å². The maximum absolute atomic E-state index is 12.4. The fraction of sp³-hybridized carbons (Fsp3) is 0.190. The van der Waals surface area contributed by atoms with Crippen molar-refractivity contribution in [2.75, 3.05) is 14.2 Å². The Morgan fingerprint density at radius 2 is 1.79 bits per heavy atom. The molecule has 0 saturated heterocycles. The summed E-state index contributed by atoms with van der Waals surface area (Å²) in [5.41, 5.74) is 4.17. The maximum atomic E-state index is 12.4. The van der Waals surface area contributed by atoms with Gasteiger partial charge in [-0.2, -0.15) is 0 Å². The van der Waals surface area contributed by atoms with E-state index in [4.69, 9.17) is 9.72 Å². The van der Waals surface area contributed by atoms with Crippen LogP contribution in [0.25, 0.3) is 21.9 Å². The van der Waals surface area contributed by atoms with Gasteiger partial charge in [-0.25, -0.2) is 14.6 Å². The summed E-state index contributed by atoms with van der Waals surface area (Å²) in [6.07, 6.45) is 4.53. The second-order valence-corrected chi connectivity index (χ2v) is 7.03. The Kier molecular flexibility index (Phi) is 5.84. The predicted molar refractivity (Wildman–Crippen MR) is 110 cm³/mol. The average Bonchev–Trinajstić information content (AvgIpc) is 3.15. The number of thioether (sulfide) groups is 1. The van der Waals surface area contributed by atoms with E-state index in [9.17, 15) is 9.59 Å². The van der Waals surface area contributed by atoms with Gasteiger partial charge in [0, 0.05) is 23.5 Å². The molecule has 1 aliphatic heterocycles. The normalized spacial score (nSPS) is 15.1. The molecule has 7 heteroatoms. The molecule has 0 unspecified atom stereocenters. The third kappa shape index (κ3) is 3.94. The second kappa shape index (κ2) is 8.31. The number of carbonyl (C=O) groups is 2. The highest BCUT2D eigenvalue weighted by atomic mass is 32.2. The zero-order chi connectivity index (χ0) is 20.3. The van der Waals surface area contributed by atoms with Gasteiger partial charge in [-0.1, -0.05) is 41.6 Å². The lowest BCUT2D eigenvalue weighted by atomic mass is 10.1. The van der Waals surface area contributed by atoms with E-state index in [-0.39, 0.29) is 5.57 Å². The summed E-state index contributed by atoms with van der Waals surface area (Å²) >= 11 is 1.37. The molecule has 1 aromatic heterocycles. The van der Waals surface area contributed by atoms with E-state index in [2.05, 4.69) is 4.74 Å². The van der Waals surface area contributed by atoms with E-state index in [1.165, 1.54) is 43.7 Å². The molecule has 2 heterocycles. The van der Waals surface area contributed by atoms with Crippen molar-refractivity contribution in [3.05, 3.63) is 65.0 Å². The molecule has 3 rings (SSSR count). The first kappa shape index (κ1) is 19.7. The fourth-order valence-corrected chi connectivity index (χ4v) is 3.61. The number of benzene rings is 1. The molecule has 1 aliphatic rings. The third-order valence-corrected chi connectivity index (χ3v) is 5.32. The molecule has 0 atom stereocenters. The number of fused-ring (bicyclic) bond motifs is 1. The number of carbonyl (C=O) groups excluding carboxylic acids is 2. The van der Waals surface area contributed by atoms with Crippen molar-refractivity contribution >= 4 is 34.3 Å². The molecule has 6 nitrogen and oxygen atoms in total. The zero-order valence-electron chi connectivity index (χ0n) is 16.1. The number of nitrogens with zero attached hydrogens (tertiary/aromatic N) is 2. The minimum atomic E-state index is -0.557. The Bertz CT molecular complexity index is 1010. The number of aryl methyl sites for hydroxylation is 1. The molecular formula is C21H20N2O4S. The Morgan fingerprint density at radius 3 is 2.43 bits per heavy atom. The molecule has 0 radical (unpaired) electrons. The van der Waals surface area contributed by atoms with Gasteiger partial charge < -0.3 is 14.0 Å². The highest BCUT2D eigenvalue weighted by molar-refractivity contribution is 8.11. The van der Waals surface area contributed by atoms with Crippen LogP contribution in [-0.2, 0) is 19.1 Å². The molecular weight excluding hydrogens is 376 g/mol. The molecule has 2 aromatic rings. The summed E-state index contributed by atoms with van der Waals surface area (Å²) in [4.78, 5) is 29.2. The van der Waals surface area contributed by atoms with Crippen molar-refractivity contribution in [2.45, 2.75) is 13.8 Å². The van der Waals surface area contributed by atoms with Crippen molar-refractivity contribution in [1.29, 1.82) is 0 Å². The summed E-state index contributed by atoms with van der Waals surface area (Å²) in [5, 5.41) is 1.93. The quantitative estimate of drug-likeness (QED) is 0.574. The van der Waals surface area contributed by atoms with E-state index in [1.807, 2.05) is 54.3 Å². The number of rotatable bonds is 4. The molecule has 0 bridgehead atoms. The number of aromatic nitrogens is 2. The molecule has 0 N–H and O–H groups in total. The van der Waals surface area contributed by atoms with Crippen molar-refractivity contribution < 1.29 is 19.1 Å². The molecule has 144 valence electrons. The Balaban J connectivity index is 2.15. The largest absolute Gasteiger partial charge is 0.466 e. The van der Waals surface area contributed by atoms with E-state index >= 15 is 0 Å². The number of ether oxygens (including phenoxy) is 2. The van der Waals surface area contributed by atoms with Crippen LogP contribution in [0.3, 0.4) is 0 Å². The van der Waals surface area contributed by atoms with Crippen molar-refractivity contribution in [1.82, 2.24) is 9.55 Å². The first-order valence-electron chi connectivity index (χ1n) is 8.53. The van der Waals surface area contributed by atoms with Crippen LogP contribution < -0.4 is 0 Å². The molecule has 0 amide bonds. The highest BCUT2D eigenvalue weighted by Crippen LogP contribution is 2.40. The monoisotopic (exact) mass is 396 g/mol. The lowest BCUT2D eigenvalue weighted by Gasteiger charge is -2.17. The molecule has 0 saturated carbocycles.